The number of rotatable bonds is 4. The van der Waals surface area contributed by atoms with Gasteiger partial charge in [0.25, 0.3) is 10.0 Å². The first-order valence-electron chi connectivity index (χ1n) is 6.30. The number of sulfonamides is 1. The maximum Gasteiger partial charge on any atom is 0.337 e. The van der Waals surface area contributed by atoms with Crippen LogP contribution in [0.4, 0.5) is 10.1 Å². The summed E-state index contributed by atoms with van der Waals surface area (Å²) in [5.41, 5.74) is 0.596. The first kappa shape index (κ1) is 16.0. The molecule has 0 fully saturated rings. The summed E-state index contributed by atoms with van der Waals surface area (Å²) in [5, 5.41) is 0. The van der Waals surface area contributed by atoms with Crippen LogP contribution in [-0.2, 0) is 14.8 Å². The number of esters is 1. The Morgan fingerprint density at radius 1 is 1.09 bits per heavy atom. The fraction of sp³-hybridized carbons (Fsp3) is 0.133. The van der Waals surface area contributed by atoms with E-state index in [0.29, 0.717) is 11.3 Å². The van der Waals surface area contributed by atoms with E-state index in [1.165, 1.54) is 56.6 Å². The van der Waals surface area contributed by atoms with Crippen LogP contribution in [0.1, 0.15) is 10.4 Å². The van der Waals surface area contributed by atoms with E-state index >= 15 is 0 Å². The number of hydrogen-bond acceptors (Lipinski definition) is 4. The van der Waals surface area contributed by atoms with Gasteiger partial charge in [-0.25, -0.2) is 17.6 Å². The van der Waals surface area contributed by atoms with Crippen molar-refractivity contribution in [2.24, 2.45) is 0 Å². The van der Waals surface area contributed by atoms with Gasteiger partial charge in [0.05, 0.1) is 18.4 Å². The summed E-state index contributed by atoms with van der Waals surface area (Å²) in [6.07, 6.45) is 0. The Hall–Kier alpha value is -2.41. The lowest BCUT2D eigenvalue weighted by Crippen LogP contribution is -2.27. The molecule has 0 bridgehead atoms. The summed E-state index contributed by atoms with van der Waals surface area (Å²) in [4.78, 5) is 10.9. The van der Waals surface area contributed by atoms with Crippen LogP contribution >= 0.6 is 0 Å². The van der Waals surface area contributed by atoms with Crippen molar-refractivity contribution in [2.75, 3.05) is 18.5 Å². The molecule has 0 spiro atoms. The van der Waals surface area contributed by atoms with Crippen LogP contribution in [0.2, 0.25) is 0 Å². The molecule has 0 aliphatic heterocycles. The van der Waals surface area contributed by atoms with Crippen LogP contribution in [0.15, 0.2) is 53.4 Å². The standard InChI is InChI=1S/C15H14FNO4S/c1-17(12-9-7-11(8-10-12)15(18)21-2)22(19,20)14-6-4-3-5-13(14)16/h3-10H,1-2H3. The highest BCUT2D eigenvalue weighted by Crippen LogP contribution is 2.24. The molecule has 22 heavy (non-hydrogen) atoms. The van der Waals surface area contributed by atoms with Crippen LogP contribution in [-0.4, -0.2) is 28.5 Å². The maximum absolute atomic E-state index is 13.7. The van der Waals surface area contributed by atoms with E-state index in [1.54, 1.807) is 0 Å². The Morgan fingerprint density at radius 3 is 2.23 bits per heavy atom. The van der Waals surface area contributed by atoms with Crippen molar-refractivity contribution in [1.82, 2.24) is 0 Å². The number of ether oxygens (including phenoxy) is 1. The van der Waals surface area contributed by atoms with Crippen LogP contribution in [0.3, 0.4) is 0 Å². The SMILES string of the molecule is COC(=O)c1ccc(N(C)S(=O)(=O)c2ccccc2F)cc1. The first-order chi connectivity index (χ1) is 10.4. The highest BCUT2D eigenvalue weighted by molar-refractivity contribution is 7.92. The van der Waals surface area contributed by atoms with Gasteiger partial charge >= 0.3 is 5.97 Å². The molecule has 7 heteroatoms. The largest absolute Gasteiger partial charge is 0.465 e. The number of carbonyl (C=O) groups is 1. The molecule has 0 atom stereocenters. The van der Waals surface area contributed by atoms with E-state index in [2.05, 4.69) is 4.74 Å². The average Bonchev–Trinajstić information content (AvgIpc) is 2.53. The van der Waals surface area contributed by atoms with E-state index < -0.39 is 26.7 Å². The van der Waals surface area contributed by atoms with E-state index in [1.807, 2.05) is 0 Å². The van der Waals surface area contributed by atoms with Gasteiger partial charge in [-0.2, -0.15) is 0 Å². The predicted octanol–water partition coefficient (Wildman–Crippen LogP) is 2.44. The number of anilines is 1. The minimum Gasteiger partial charge on any atom is -0.465 e. The molecular weight excluding hydrogens is 309 g/mol. The Morgan fingerprint density at radius 2 is 1.68 bits per heavy atom. The van der Waals surface area contributed by atoms with E-state index in [4.69, 9.17) is 0 Å². The second-order valence-electron chi connectivity index (χ2n) is 4.44. The number of halogens is 1. The highest BCUT2D eigenvalue weighted by atomic mass is 32.2. The summed E-state index contributed by atoms with van der Waals surface area (Å²) in [6.45, 7) is 0. The lowest BCUT2D eigenvalue weighted by atomic mass is 10.2. The lowest BCUT2D eigenvalue weighted by Gasteiger charge is -2.20. The number of methoxy groups -OCH3 is 1. The van der Waals surface area contributed by atoms with Gasteiger partial charge in [-0.05, 0) is 36.4 Å². The van der Waals surface area contributed by atoms with Crippen molar-refractivity contribution in [3.8, 4) is 0 Å². The molecule has 0 aliphatic rings. The van der Waals surface area contributed by atoms with Gasteiger partial charge in [0, 0.05) is 7.05 Å². The smallest absolute Gasteiger partial charge is 0.337 e. The molecule has 2 rings (SSSR count). The molecule has 0 saturated heterocycles. The van der Waals surface area contributed by atoms with E-state index in [0.717, 1.165) is 10.4 Å². The summed E-state index contributed by atoms with van der Waals surface area (Å²) < 4.78 is 44.1. The molecule has 0 saturated carbocycles. The van der Waals surface area contributed by atoms with Gasteiger partial charge in [0.15, 0.2) is 0 Å². The molecule has 0 N–H and O–H groups in total. The number of hydrogen-bond donors (Lipinski definition) is 0. The molecule has 0 radical (unpaired) electrons. The number of benzene rings is 2. The molecule has 2 aromatic carbocycles. The quantitative estimate of drug-likeness (QED) is 0.811. The second-order valence-corrected chi connectivity index (χ2v) is 6.38. The summed E-state index contributed by atoms with van der Waals surface area (Å²) in [7, 11) is -1.45. The summed E-state index contributed by atoms with van der Waals surface area (Å²) >= 11 is 0. The zero-order valence-electron chi connectivity index (χ0n) is 12.0. The van der Waals surface area contributed by atoms with Gasteiger partial charge in [0.2, 0.25) is 0 Å². The number of carbonyl (C=O) groups excluding carboxylic acids is 1. The predicted molar refractivity (Wildman–Crippen MR) is 79.8 cm³/mol. The third-order valence-corrected chi connectivity index (χ3v) is 4.95. The van der Waals surface area contributed by atoms with E-state index in [9.17, 15) is 17.6 Å². The van der Waals surface area contributed by atoms with Crippen LogP contribution in [0, 0.1) is 5.82 Å². The third-order valence-electron chi connectivity index (χ3n) is 3.13. The van der Waals surface area contributed by atoms with Gasteiger partial charge in [-0.1, -0.05) is 12.1 Å². The fourth-order valence-corrected chi connectivity index (χ4v) is 3.12. The Kier molecular flexibility index (Phi) is 4.46. The summed E-state index contributed by atoms with van der Waals surface area (Å²) in [6, 6.07) is 10.9. The second kappa shape index (κ2) is 6.15. The molecular formula is C15H14FNO4S. The monoisotopic (exact) mass is 323 g/mol. The Balaban J connectivity index is 2.37. The molecule has 2 aromatic rings. The normalized spacial score (nSPS) is 11.0. The molecule has 0 aliphatic carbocycles. The van der Waals surface area contributed by atoms with Crippen molar-refractivity contribution in [3.05, 3.63) is 59.9 Å². The molecule has 0 amide bonds. The third kappa shape index (κ3) is 2.94. The van der Waals surface area contributed by atoms with Crippen molar-refractivity contribution >= 4 is 21.7 Å². The topological polar surface area (TPSA) is 63.7 Å². The lowest BCUT2D eigenvalue weighted by molar-refractivity contribution is 0.0601. The average molecular weight is 323 g/mol. The van der Waals surface area contributed by atoms with Crippen LogP contribution in [0.25, 0.3) is 0 Å². The van der Waals surface area contributed by atoms with Gasteiger partial charge in [0.1, 0.15) is 10.7 Å². The highest BCUT2D eigenvalue weighted by Gasteiger charge is 2.24. The Bertz CT molecular complexity index is 787. The molecule has 0 aromatic heterocycles. The van der Waals surface area contributed by atoms with Crippen LogP contribution < -0.4 is 4.31 Å². The first-order valence-corrected chi connectivity index (χ1v) is 7.74. The molecule has 0 heterocycles. The van der Waals surface area contributed by atoms with E-state index in [-0.39, 0.29) is 0 Å². The molecule has 116 valence electrons. The minimum atomic E-state index is -4.02. The Labute approximate surface area is 128 Å². The van der Waals surface area contributed by atoms with Crippen molar-refractivity contribution < 1.29 is 22.3 Å². The maximum atomic E-state index is 13.7. The fourth-order valence-electron chi connectivity index (χ4n) is 1.87. The van der Waals surface area contributed by atoms with Crippen molar-refractivity contribution in [2.45, 2.75) is 4.90 Å². The number of nitrogens with zero attached hydrogens (tertiary/aromatic N) is 1. The minimum absolute atomic E-state index is 0.294. The zero-order chi connectivity index (χ0) is 16.3. The van der Waals surface area contributed by atoms with Gasteiger partial charge in [-0.15, -0.1) is 0 Å². The van der Waals surface area contributed by atoms with Gasteiger partial charge in [-0.3, -0.25) is 4.31 Å². The zero-order valence-corrected chi connectivity index (χ0v) is 12.8. The van der Waals surface area contributed by atoms with Gasteiger partial charge < -0.3 is 4.74 Å². The molecule has 0 unspecified atom stereocenters. The van der Waals surface area contributed by atoms with Crippen molar-refractivity contribution in [3.63, 3.8) is 0 Å². The van der Waals surface area contributed by atoms with Crippen molar-refractivity contribution in [1.29, 1.82) is 0 Å². The van der Waals surface area contributed by atoms with Crippen LogP contribution in [0.5, 0.6) is 0 Å². The molecule has 5 nitrogen and oxygen atoms in total. The summed E-state index contributed by atoms with van der Waals surface area (Å²) in [5.74, 6) is -1.34.